The van der Waals surface area contributed by atoms with E-state index in [1.165, 1.54) is 12.1 Å². The van der Waals surface area contributed by atoms with Crippen molar-refractivity contribution in [2.75, 3.05) is 42.9 Å². The Balaban J connectivity index is 1.60. The van der Waals surface area contributed by atoms with Crippen molar-refractivity contribution in [3.63, 3.8) is 0 Å². The van der Waals surface area contributed by atoms with Crippen LogP contribution >= 0.6 is 0 Å². The van der Waals surface area contributed by atoms with Crippen molar-refractivity contribution in [2.45, 2.75) is 19.8 Å². The standard InChI is InChI=1S/C21H26FN3O/c1-2-24-12-14-25(15-13-24)20-9-4-3-8-19(20)23-21(26)11-10-17-6-5-7-18(22)16-17/h3-9,16H,2,10-15H2,1H3,(H,23,26). The molecule has 2 aromatic rings. The molecule has 1 N–H and O–H groups in total. The molecule has 26 heavy (non-hydrogen) atoms. The molecule has 0 unspecified atom stereocenters. The summed E-state index contributed by atoms with van der Waals surface area (Å²) in [6.45, 7) is 7.26. The third-order valence-corrected chi connectivity index (χ3v) is 4.87. The number of likely N-dealkylation sites (N-methyl/N-ethyl adjacent to an activating group) is 1. The molecule has 5 heteroatoms. The van der Waals surface area contributed by atoms with E-state index in [-0.39, 0.29) is 11.7 Å². The lowest BCUT2D eigenvalue weighted by Gasteiger charge is -2.36. The summed E-state index contributed by atoms with van der Waals surface area (Å²) < 4.78 is 13.2. The molecule has 138 valence electrons. The van der Waals surface area contributed by atoms with Crippen molar-refractivity contribution in [3.05, 3.63) is 59.9 Å². The Morgan fingerprint density at radius 3 is 2.58 bits per heavy atom. The lowest BCUT2D eigenvalue weighted by Crippen LogP contribution is -2.46. The summed E-state index contributed by atoms with van der Waals surface area (Å²) in [4.78, 5) is 17.1. The van der Waals surface area contributed by atoms with Crippen LogP contribution in [0.15, 0.2) is 48.5 Å². The number of halogens is 1. The maximum Gasteiger partial charge on any atom is 0.224 e. The molecular formula is C21H26FN3O. The summed E-state index contributed by atoms with van der Waals surface area (Å²) in [6, 6.07) is 14.4. The normalized spacial score (nSPS) is 15.1. The number of piperazine rings is 1. The first-order valence-corrected chi connectivity index (χ1v) is 9.26. The van der Waals surface area contributed by atoms with Crippen molar-refractivity contribution in [3.8, 4) is 0 Å². The van der Waals surface area contributed by atoms with E-state index in [4.69, 9.17) is 0 Å². The summed E-state index contributed by atoms with van der Waals surface area (Å²) in [5.41, 5.74) is 2.76. The summed E-state index contributed by atoms with van der Waals surface area (Å²) in [6.07, 6.45) is 0.863. The second-order valence-corrected chi connectivity index (χ2v) is 6.62. The largest absolute Gasteiger partial charge is 0.367 e. The van der Waals surface area contributed by atoms with Crippen LogP contribution < -0.4 is 10.2 Å². The van der Waals surface area contributed by atoms with Crippen LogP contribution in [-0.4, -0.2) is 43.5 Å². The molecule has 1 fully saturated rings. The first-order valence-electron chi connectivity index (χ1n) is 9.26. The number of carbonyl (C=O) groups excluding carboxylic acids is 1. The van der Waals surface area contributed by atoms with Crippen LogP contribution in [0.4, 0.5) is 15.8 Å². The van der Waals surface area contributed by atoms with Gasteiger partial charge in [-0.05, 0) is 42.8 Å². The second kappa shape index (κ2) is 8.81. The number of aryl methyl sites for hydroxylation is 1. The monoisotopic (exact) mass is 355 g/mol. The van der Waals surface area contributed by atoms with Gasteiger partial charge in [0.15, 0.2) is 0 Å². The number of amides is 1. The summed E-state index contributed by atoms with van der Waals surface area (Å²) in [5.74, 6) is -0.312. The topological polar surface area (TPSA) is 35.6 Å². The lowest BCUT2D eigenvalue weighted by molar-refractivity contribution is -0.116. The van der Waals surface area contributed by atoms with Gasteiger partial charge in [0.2, 0.25) is 5.91 Å². The number of hydrogen-bond acceptors (Lipinski definition) is 3. The van der Waals surface area contributed by atoms with Crippen molar-refractivity contribution in [2.24, 2.45) is 0 Å². The van der Waals surface area contributed by atoms with Gasteiger partial charge in [0, 0.05) is 32.6 Å². The van der Waals surface area contributed by atoms with Gasteiger partial charge in [0.05, 0.1) is 11.4 Å². The molecule has 0 aliphatic carbocycles. The highest BCUT2D eigenvalue weighted by Crippen LogP contribution is 2.26. The van der Waals surface area contributed by atoms with Crippen LogP contribution in [0.25, 0.3) is 0 Å². The van der Waals surface area contributed by atoms with Crippen molar-refractivity contribution in [1.82, 2.24) is 4.90 Å². The second-order valence-electron chi connectivity index (χ2n) is 6.62. The van der Waals surface area contributed by atoms with Gasteiger partial charge >= 0.3 is 0 Å². The molecule has 0 saturated carbocycles. The van der Waals surface area contributed by atoms with Crippen LogP contribution in [-0.2, 0) is 11.2 Å². The molecule has 0 atom stereocenters. The highest BCUT2D eigenvalue weighted by molar-refractivity contribution is 5.94. The Morgan fingerprint density at radius 2 is 1.85 bits per heavy atom. The van der Waals surface area contributed by atoms with E-state index < -0.39 is 0 Å². The SMILES string of the molecule is CCN1CCN(c2ccccc2NC(=O)CCc2cccc(F)c2)CC1. The van der Waals surface area contributed by atoms with Gasteiger partial charge in [0.25, 0.3) is 0 Å². The van der Waals surface area contributed by atoms with Crippen molar-refractivity contribution in [1.29, 1.82) is 0 Å². The molecule has 1 heterocycles. The molecule has 3 rings (SSSR count). The fraction of sp³-hybridized carbons (Fsp3) is 0.381. The van der Waals surface area contributed by atoms with E-state index in [0.717, 1.165) is 49.7 Å². The van der Waals surface area contributed by atoms with Crippen LogP contribution in [0.1, 0.15) is 18.9 Å². The maximum absolute atomic E-state index is 13.2. The summed E-state index contributed by atoms with van der Waals surface area (Å²) >= 11 is 0. The maximum atomic E-state index is 13.2. The fourth-order valence-corrected chi connectivity index (χ4v) is 3.32. The van der Waals surface area contributed by atoms with Gasteiger partial charge in [-0.3, -0.25) is 4.79 Å². The zero-order valence-corrected chi connectivity index (χ0v) is 15.2. The number of carbonyl (C=O) groups is 1. The van der Waals surface area contributed by atoms with E-state index in [1.54, 1.807) is 6.07 Å². The number of para-hydroxylation sites is 2. The Hall–Kier alpha value is -2.40. The number of nitrogens with zero attached hydrogens (tertiary/aromatic N) is 2. The number of nitrogens with one attached hydrogen (secondary N) is 1. The minimum Gasteiger partial charge on any atom is -0.367 e. The molecule has 4 nitrogen and oxygen atoms in total. The first kappa shape index (κ1) is 18.4. The van der Waals surface area contributed by atoms with Gasteiger partial charge in [-0.15, -0.1) is 0 Å². The minimum atomic E-state index is -0.264. The molecular weight excluding hydrogens is 329 g/mol. The highest BCUT2D eigenvalue weighted by Gasteiger charge is 2.18. The molecule has 1 aliphatic rings. The average Bonchev–Trinajstić information content (AvgIpc) is 2.67. The first-order chi connectivity index (χ1) is 12.7. The van der Waals surface area contributed by atoms with Crippen molar-refractivity contribution < 1.29 is 9.18 Å². The van der Waals surface area contributed by atoms with E-state index in [9.17, 15) is 9.18 Å². The molecule has 1 amide bonds. The Morgan fingerprint density at radius 1 is 1.08 bits per heavy atom. The quantitative estimate of drug-likeness (QED) is 0.861. The molecule has 1 saturated heterocycles. The van der Waals surface area contributed by atoms with Crippen molar-refractivity contribution >= 4 is 17.3 Å². The Kier molecular flexibility index (Phi) is 6.23. The smallest absolute Gasteiger partial charge is 0.224 e. The number of benzene rings is 2. The lowest BCUT2D eigenvalue weighted by atomic mass is 10.1. The fourth-order valence-electron chi connectivity index (χ4n) is 3.32. The zero-order valence-electron chi connectivity index (χ0n) is 15.2. The average molecular weight is 355 g/mol. The van der Waals surface area contributed by atoms with E-state index in [0.29, 0.717) is 12.8 Å². The van der Waals surface area contributed by atoms with Gasteiger partial charge in [-0.1, -0.05) is 31.2 Å². The minimum absolute atomic E-state index is 0.0473. The van der Waals surface area contributed by atoms with E-state index >= 15 is 0 Å². The Bertz CT molecular complexity index is 742. The van der Waals surface area contributed by atoms with Crippen LogP contribution in [0.5, 0.6) is 0 Å². The van der Waals surface area contributed by atoms with E-state index in [1.807, 2.05) is 24.3 Å². The van der Waals surface area contributed by atoms with Crippen LogP contribution in [0.2, 0.25) is 0 Å². The molecule has 2 aromatic carbocycles. The summed E-state index contributed by atoms with van der Waals surface area (Å²) in [7, 11) is 0. The van der Waals surface area contributed by atoms with Gasteiger partial charge in [0.1, 0.15) is 5.82 Å². The zero-order chi connectivity index (χ0) is 18.4. The predicted molar refractivity (Wildman–Crippen MR) is 104 cm³/mol. The molecule has 1 aliphatic heterocycles. The van der Waals surface area contributed by atoms with Crippen LogP contribution in [0, 0.1) is 5.82 Å². The van der Waals surface area contributed by atoms with Gasteiger partial charge < -0.3 is 15.1 Å². The van der Waals surface area contributed by atoms with Gasteiger partial charge in [-0.25, -0.2) is 4.39 Å². The predicted octanol–water partition coefficient (Wildman–Crippen LogP) is 3.54. The number of hydrogen-bond donors (Lipinski definition) is 1. The van der Waals surface area contributed by atoms with E-state index in [2.05, 4.69) is 28.1 Å². The number of rotatable bonds is 6. The third-order valence-electron chi connectivity index (χ3n) is 4.87. The molecule has 0 spiro atoms. The van der Waals surface area contributed by atoms with Gasteiger partial charge in [-0.2, -0.15) is 0 Å². The molecule has 0 aromatic heterocycles. The third kappa shape index (κ3) is 4.82. The van der Waals surface area contributed by atoms with Crippen LogP contribution in [0.3, 0.4) is 0 Å². The Labute approximate surface area is 154 Å². The molecule has 0 bridgehead atoms. The highest BCUT2D eigenvalue weighted by atomic mass is 19.1. The molecule has 0 radical (unpaired) electrons. The summed E-state index contributed by atoms with van der Waals surface area (Å²) in [5, 5.41) is 3.03. The number of anilines is 2.